The second-order valence-electron chi connectivity index (χ2n) is 5.90. The summed E-state index contributed by atoms with van der Waals surface area (Å²) in [6.07, 6.45) is 1.66. The Morgan fingerprint density at radius 1 is 1.00 bits per heavy atom. The third-order valence-electron chi connectivity index (χ3n) is 4.32. The molecule has 0 bridgehead atoms. The molecular weight excluding hydrogens is 348 g/mol. The van der Waals surface area contributed by atoms with Crippen LogP contribution in [0, 0.1) is 6.92 Å². The van der Waals surface area contributed by atoms with Crippen molar-refractivity contribution in [3.05, 3.63) is 46.7 Å². The molecule has 6 heteroatoms. The molecule has 2 aromatic carbocycles. The molecule has 1 aliphatic rings. The highest BCUT2D eigenvalue weighted by atomic mass is 16.5. The molecule has 0 radical (unpaired) electrons. The van der Waals surface area contributed by atoms with Gasteiger partial charge in [0.05, 0.1) is 33.5 Å². The van der Waals surface area contributed by atoms with Gasteiger partial charge in [-0.3, -0.25) is 4.79 Å². The van der Waals surface area contributed by atoms with Gasteiger partial charge in [-0.1, -0.05) is 0 Å². The number of benzene rings is 2. The van der Waals surface area contributed by atoms with Gasteiger partial charge in [0.15, 0.2) is 17.3 Å². The van der Waals surface area contributed by atoms with Crippen LogP contribution in [0.4, 0.5) is 0 Å². The molecule has 0 saturated heterocycles. The number of ketones is 1. The molecule has 0 spiro atoms. The molecule has 0 fully saturated rings. The first kappa shape index (κ1) is 18.6. The first-order valence-electron chi connectivity index (χ1n) is 8.54. The highest BCUT2D eigenvalue weighted by Crippen LogP contribution is 2.41. The predicted molar refractivity (Wildman–Crippen MR) is 101 cm³/mol. The lowest BCUT2D eigenvalue weighted by molar-refractivity contribution is 0.101. The van der Waals surface area contributed by atoms with Crippen LogP contribution in [0.1, 0.15) is 28.4 Å². The molecule has 1 heterocycles. The van der Waals surface area contributed by atoms with Gasteiger partial charge < -0.3 is 23.7 Å². The quantitative estimate of drug-likeness (QED) is 0.715. The average Bonchev–Trinajstić information content (AvgIpc) is 2.99. The van der Waals surface area contributed by atoms with Crippen molar-refractivity contribution in [1.82, 2.24) is 0 Å². The maximum Gasteiger partial charge on any atom is 0.231 e. The third-order valence-corrected chi connectivity index (χ3v) is 4.32. The maximum atomic E-state index is 12.7. The van der Waals surface area contributed by atoms with Crippen molar-refractivity contribution in [2.75, 3.05) is 27.9 Å². The van der Waals surface area contributed by atoms with E-state index in [9.17, 15) is 4.79 Å². The summed E-state index contributed by atoms with van der Waals surface area (Å²) in [6, 6.07) is 7.03. The van der Waals surface area contributed by atoms with E-state index in [0.29, 0.717) is 46.5 Å². The van der Waals surface area contributed by atoms with Crippen LogP contribution in [0.3, 0.4) is 0 Å². The zero-order chi connectivity index (χ0) is 19.6. The Hall–Kier alpha value is -3.15. The van der Waals surface area contributed by atoms with Crippen LogP contribution in [0.5, 0.6) is 28.7 Å². The van der Waals surface area contributed by atoms with E-state index in [4.69, 9.17) is 23.7 Å². The van der Waals surface area contributed by atoms with Crippen LogP contribution < -0.4 is 23.7 Å². The SMILES string of the molecule is CCOc1ccc2c(c1C)O/C(=C\c1cc(OC)c(OC)c(OC)c1)C2=O. The van der Waals surface area contributed by atoms with E-state index in [-0.39, 0.29) is 11.5 Å². The summed E-state index contributed by atoms with van der Waals surface area (Å²) in [5, 5.41) is 0. The molecule has 2 aromatic rings. The normalized spacial score (nSPS) is 14.0. The number of rotatable bonds is 6. The number of carbonyl (C=O) groups excluding carboxylic acids is 1. The van der Waals surface area contributed by atoms with Gasteiger partial charge in [-0.2, -0.15) is 0 Å². The van der Waals surface area contributed by atoms with E-state index in [1.54, 1.807) is 44.6 Å². The van der Waals surface area contributed by atoms with Crippen LogP contribution >= 0.6 is 0 Å². The summed E-state index contributed by atoms with van der Waals surface area (Å²) in [5.41, 5.74) is 2.02. The first-order valence-corrected chi connectivity index (χ1v) is 8.54. The summed E-state index contributed by atoms with van der Waals surface area (Å²) >= 11 is 0. The van der Waals surface area contributed by atoms with Gasteiger partial charge in [0.25, 0.3) is 0 Å². The minimum Gasteiger partial charge on any atom is -0.493 e. The molecular formula is C21H22O6. The fraction of sp³-hybridized carbons (Fsp3) is 0.286. The zero-order valence-electron chi connectivity index (χ0n) is 16.0. The van der Waals surface area contributed by atoms with Crippen LogP contribution in [-0.4, -0.2) is 33.7 Å². The van der Waals surface area contributed by atoms with Crippen LogP contribution in [-0.2, 0) is 0 Å². The number of allylic oxidation sites excluding steroid dienone is 1. The average molecular weight is 370 g/mol. The molecule has 0 aromatic heterocycles. The molecule has 0 unspecified atom stereocenters. The van der Waals surface area contributed by atoms with Gasteiger partial charge in [-0.15, -0.1) is 0 Å². The van der Waals surface area contributed by atoms with E-state index in [1.807, 2.05) is 13.8 Å². The summed E-state index contributed by atoms with van der Waals surface area (Å²) < 4.78 is 27.5. The van der Waals surface area contributed by atoms with Crippen molar-refractivity contribution in [2.45, 2.75) is 13.8 Å². The standard InChI is InChI=1S/C21H22O6/c1-6-26-15-8-7-14-19(22)16(27-20(14)12(15)2)9-13-10-17(23-3)21(25-5)18(11-13)24-4/h7-11H,6H2,1-5H3/b16-9-. The highest BCUT2D eigenvalue weighted by molar-refractivity contribution is 6.15. The number of Topliss-reactive ketones (excluding diaryl/α,β-unsaturated/α-hetero) is 1. The van der Waals surface area contributed by atoms with Gasteiger partial charge in [0, 0.05) is 5.56 Å². The number of hydrogen-bond acceptors (Lipinski definition) is 6. The van der Waals surface area contributed by atoms with Gasteiger partial charge in [0.2, 0.25) is 11.5 Å². The van der Waals surface area contributed by atoms with Gasteiger partial charge in [0.1, 0.15) is 11.5 Å². The lowest BCUT2D eigenvalue weighted by Crippen LogP contribution is -1.99. The summed E-state index contributed by atoms with van der Waals surface area (Å²) in [5.74, 6) is 2.79. The van der Waals surface area contributed by atoms with Crippen molar-refractivity contribution in [1.29, 1.82) is 0 Å². The smallest absolute Gasteiger partial charge is 0.231 e. The molecule has 0 saturated carbocycles. The van der Waals surface area contributed by atoms with E-state index < -0.39 is 0 Å². The minimum atomic E-state index is -0.176. The lowest BCUT2D eigenvalue weighted by atomic mass is 10.1. The topological polar surface area (TPSA) is 63.2 Å². The van der Waals surface area contributed by atoms with Crippen molar-refractivity contribution < 1.29 is 28.5 Å². The Morgan fingerprint density at radius 2 is 1.67 bits per heavy atom. The van der Waals surface area contributed by atoms with Crippen LogP contribution in [0.25, 0.3) is 6.08 Å². The summed E-state index contributed by atoms with van der Waals surface area (Å²) in [7, 11) is 4.62. The number of ether oxygens (including phenoxy) is 5. The Bertz CT molecular complexity index is 888. The summed E-state index contributed by atoms with van der Waals surface area (Å²) in [6.45, 7) is 4.33. The fourth-order valence-electron chi connectivity index (χ4n) is 3.02. The molecule has 0 aliphatic carbocycles. The monoisotopic (exact) mass is 370 g/mol. The number of hydrogen-bond donors (Lipinski definition) is 0. The van der Waals surface area contributed by atoms with Crippen molar-refractivity contribution in [3.63, 3.8) is 0 Å². The largest absolute Gasteiger partial charge is 0.493 e. The molecule has 1 aliphatic heterocycles. The van der Waals surface area contributed by atoms with E-state index in [0.717, 1.165) is 5.56 Å². The molecule has 3 rings (SSSR count). The molecule has 0 N–H and O–H groups in total. The van der Waals surface area contributed by atoms with Gasteiger partial charge in [-0.05, 0) is 49.8 Å². The van der Waals surface area contributed by atoms with Crippen LogP contribution in [0.2, 0.25) is 0 Å². The fourth-order valence-corrected chi connectivity index (χ4v) is 3.02. The first-order chi connectivity index (χ1) is 13.0. The zero-order valence-corrected chi connectivity index (χ0v) is 16.0. The van der Waals surface area contributed by atoms with E-state index in [2.05, 4.69) is 0 Å². The predicted octanol–water partition coefficient (Wildman–Crippen LogP) is 4.04. The number of methoxy groups -OCH3 is 3. The van der Waals surface area contributed by atoms with E-state index >= 15 is 0 Å². The Morgan fingerprint density at radius 3 is 2.22 bits per heavy atom. The number of carbonyl (C=O) groups is 1. The lowest BCUT2D eigenvalue weighted by Gasteiger charge is -2.13. The van der Waals surface area contributed by atoms with Gasteiger partial charge in [-0.25, -0.2) is 0 Å². The Kier molecular flexibility index (Phi) is 5.26. The number of fused-ring (bicyclic) bond motifs is 1. The third kappa shape index (κ3) is 3.30. The highest BCUT2D eigenvalue weighted by Gasteiger charge is 2.30. The molecule has 27 heavy (non-hydrogen) atoms. The van der Waals surface area contributed by atoms with Gasteiger partial charge >= 0.3 is 0 Å². The summed E-state index contributed by atoms with van der Waals surface area (Å²) in [4.78, 5) is 12.7. The Labute approximate surface area is 158 Å². The Balaban J connectivity index is 2.01. The molecule has 142 valence electrons. The van der Waals surface area contributed by atoms with Crippen molar-refractivity contribution in [3.8, 4) is 28.7 Å². The van der Waals surface area contributed by atoms with Crippen molar-refractivity contribution >= 4 is 11.9 Å². The minimum absolute atomic E-state index is 0.176. The second-order valence-corrected chi connectivity index (χ2v) is 5.90. The maximum absolute atomic E-state index is 12.7. The van der Waals surface area contributed by atoms with Crippen molar-refractivity contribution in [2.24, 2.45) is 0 Å². The molecule has 6 nitrogen and oxygen atoms in total. The van der Waals surface area contributed by atoms with E-state index in [1.165, 1.54) is 7.11 Å². The molecule has 0 amide bonds. The second kappa shape index (κ2) is 7.61. The van der Waals surface area contributed by atoms with Crippen LogP contribution in [0.15, 0.2) is 30.0 Å². The molecule has 0 atom stereocenters.